The second-order valence-electron chi connectivity index (χ2n) is 5.30. The van der Waals surface area contributed by atoms with Crippen LogP contribution < -0.4 is 10.6 Å². The number of benzene rings is 2. The molecule has 25 heavy (non-hydrogen) atoms. The first-order chi connectivity index (χ1) is 11.8. The van der Waals surface area contributed by atoms with Crippen molar-refractivity contribution in [2.75, 3.05) is 18.1 Å². The monoisotopic (exact) mass is 358 g/mol. The van der Waals surface area contributed by atoms with E-state index in [4.69, 9.17) is 0 Å². The van der Waals surface area contributed by atoms with Gasteiger partial charge in [0.2, 0.25) is 0 Å². The van der Waals surface area contributed by atoms with Gasteiger partial charge in [-0.15, -0.1) is 6.58 Å². The van der Waals surface area contributed by atoms with Gasteiger partial charge >= 0.3 is 0 Å². The molecule has 0 aliphatic rings. The van der Waals surface area contributed by atoms with Gasteiger partial charge in [0, 0.05) is 18.4 Å². The lowest BCUT2D eigenvalue weighted by Gasteiger charge is -2.11. The van der Waals surface area contributed by atoms with Gasteiger partial charge in [-0.2, -0.15) is 0 Å². The maximum atomic E-state index is 12.4. The summed E-state index contributed by atoms with van der Waals surface area (Å²) in [6.45, 7) is 3.83. The Morgan fingerprint density at radius 3 is 2.48 bits per heavy atom. The smallest absolute Gasteiger partial charge is 0.255 e. The molecule has 2 aromatic rings. The molecular formula is C18H18N2O4S. The van der Waals surface area contributed by atoms with Crippen LogP contribution in [0.25, 0.3) is 0 Å². The molecule has 0 fully saturated rings. The Morgan fingerprint density at radius 2 is 1.80 bits per heavy atom. The fraction of sp³-hybridized carbons (Fsp3) is 0.111. The summed E-state index contributed by atoms with van der Waals surface area (Å²) < 4.78 is 23.2. The fourth-order valence-corrected chi connectivity index (χ4v) is 2.78. The number of sulfone groups is 1. The van der Waals surface area contributed by atoms with E-state index in [0.29, 0.717) is 17.8 Å². The second kappa shape index (κ2) is 7.76. The van der Waals surface area contributed by atoms with Gasteiger partial charge in [-0.3, -0.25) is 9.59 Å². The van der Waals surface area contributed by atoms with Crippen LogP contribution in [-0.4, -0.2) is 33.0 Å². The number of carbonyl (C=O) groups is 2. The van der Waals surface area contributed by atoms with Crippen LogP contribution in [-0.2, 0) is 9.84 Å². The van der Waals surface area contributed by atoms with Crippen LogP contribution in [0, 0.1) is 0 Å². The number of carbonyl (C=O) groups excluding carboxylic acids is 2. The molecule has 0 aliphatic carbocycles. The van der Waals surface area contributed by atoms with Crippen molar-refractivity contribution >= 4 is 27.3 Å². The predicted molar refractivity (Wildman–Crippen MR) is 96.5 cm³/mol. The van der Waals surface area contributed by atoms with Crippen molar-refractivity contribution in [3.05, 3.63) is 72.3 Å². The third-order valence-corrected chi connectivity index (χ3v) is 4.46. The van der Waals surface area contributed by atoms with Crippen molar-refractivity contribution in [1.29, 1.82) is 0 Å². The predicted octanol–water partition coefficient (Wildman–Crippen LogP) is 2.26. The van der Waals surface area contributed by atoms with E-state index < -0.39 is 15.7 Å². The summed E-state index contributed by atoms with van der Waals surface area (Å²) in [5, 5.41) is 5.29. The topological polar surface area (TPSA) is 92.3 Å². The lowest BCUT2D eigenvalue weighted by Crippen LogP contribution is -2.25. The summed E-state index contributed by atoms with van der Waals surface area (Å²) in [5.74, 6) is -0.852. The van der Waals surface area contributed by atoms with Gasteiger partial charge in [0.25, 0.3) is 11.8 Å². The first-order valence-electron chi connectivity index (χ1n) is 7.42. The van der Waals surface area contributed by atoms with Crippen molar-refractivity contribution in [2.45, 2.75) is 4.90 Å². The summed E-state index contributed by atoms with van der Waals surface area (Å²) in [7, 11) is -3.42. The van der Waals surface area contributed by atoms with E-state index in [0.717, 1.165) is 6.26 Å². The van der Waals surface area contributed by atoms with Crippen LogP contribution in [0.4, 0.5) is 5.69 Å². The van der Waals surface area contributed by atoms with Crippen LogP contribution in [0.3, 0.4) is 0 Å². The Labute approximate surface area is 146 Å². The SMILES string of the molecule is C=CCNC(=O)c1ccccc1NC(=O)c1cccc(S(C)(=O)=O)c1. The van der Waals surface area contributed by atoms with Crippen LogP contribution in [0.1, 0.15) is 20.7 Å². The zero-order chi connectivity index (χ0) is 18.4. The molecule has 0 aliphatic heterocycles. The van der Waals surface area contributed by atoms with Gasteiger partial charge in [-0.25, -0.2) is 8.42 Å². The van der Waals surface area contributed by atoms with Crippen LogP contribution >= 0.6 is 0 Å². The van der Waals surface area contributed by atoms with Crippen molar-refractivity contribution in [3.8, 4) is 0 Å². The van der Waals surface area contributed by atoms with Crippen molar-refractivity contribution in [2.24, 2.45) is 0 Å². The van der Waals surface area contributed by atoms with Crippen molar-refractivity contribution in [1.82, 2.24) is 5.32 Å². The Balaban J connectivity index is 2.27. The van der Waals surface area contributed by atoms with Crippen molar-refractivity contribution in [3.63, 3.8) is 0 Å². The summed E-state index contributed by atoms with van der Waals surface area (Å²) in [6, 6.07) is 12.3. The van der Waals surface area contributed by atoms with E-state index in [1.165, 1.54) is 24.3 Å². The Kier molecular flexibility index (Phi) is 5.71. The Bertz CT molecular complexity index is 920. The number of anilines is 1. The minimum absolute atomic E-state index is 0.0529. The molecule has 0 heterocycles. The molecule has 0 bridgehead atoms. The van der Waals surface area contributed by atoms with Crippen LogP contribution in [0.5, 0.6) is 0 Å². The van der Waals surface area contributed by atoms with Crippen molar-refractivity contribution < 1.29 is 18.0 Å². The maximum Gasteiger partial charge on any atom is 0.255 e. The number of nitrogens with one attached hydrogen (secondary N) is 2. The van der Waals surface area contributed by atoms with E-state index in [-0.39, 0.29) is 16.4 Å². The quantitative estimate of drug-likeness (QED) is 0.775. The molecule has 0 saturated heterocycles. The molecule has 2 rings (SSSR count). The molecule has 0 aromatic heterocycles. The number of amides is 2. The number of rotatable bonds is 6. The highest BCUT2D eigenvalue weighted by Crippen LogP contribution is 2.17. The Morgan fingerprint density at radius 1 is 1.08 bits per heavy atom. The van der Waals surface area contributed by atoms with Crippen LogP contribution in [0.15, 0.2) is 66.1 Å². The summed E-state index contributed by atoms with van der Waals surface area (Å²) in [4.78, 5) is 24.6. The molecule has 0 spiro atoms. The molecule has 2 N–H and O–H groups in total. The number of hydrogen-bond donors (Lipinski definition) is 2. The highest BCUT2D eigenvalue weighted by atomic mass is 32.2. The number of hydrogen-bond acceptors (Lipinski definition) is 4. The lowest BCUT2D eigenvalue weighted by atomic mass is 10.1. The fourth-order valence-electron chi connectivity index (χ4n) is 2.11. The summed E-state index contributed by atoms with van der Waals surface area (Å²) >= 11 is 0. The Hall–Kier alpha value is -2.93. The molecule has 130 valence electrons. The second-order valence-corrected chi connectivity index (χ2v) is 7.31. The van der Waals surface area contributed by atoms with Gasteiger partial charge < -0.3 is 10.6 Å². The highest BCUT2D eigenvalue weighted by Gasteiger charge is 2.15. The van der Waals surface area contributed by atoms with Gasteiger partial charge in [-0.1, -0.05) is 24.3 Å². The molecule has 7 heteroatoms. The third kappa shape index (κ3) is 4.77. The molecule has 0 radical (unpaired) electrons. The molecule has 0 saturated carbocycles. The van der Waals surface area contributed by atoms with E-state index in [1.807, 2.05) is 0 Å². The minimum Gasteiger partial charge on any atom is -0.349 e. The summed E-state index contributed by atoms with van der Waals surface area (Å²) in [6.07, 6.45) is 2.62. The third-order valence-electron chi connectivity index (χ3n) is 3.35. The molecule has 0 unspecified atom stereocenters. The van der Waals surface area contributed by atoms with Gasteiger partial charge in [0.15, 0.2) is 9.84 Å². The molecular weight excluding hydrogens is 340 g/mol. The first-order valence-corrected chi connectivity index (χ1v) is 9.31. The standard InChI is InChI=1S/C18H18N2O4S/c1-3-11-19-18(22)15-9-4-5-10-16(15)20-17(21)13-7-6-8-14(12-13)25(2,23)24/h3-10,12H,1,11H2,2H3,(H,19,22)(H,20,21). The minimum atomic E-state index is -3.42. The molecule has 2 aromatic carbocycles. The van der Waals surface area contributed by atoms with E-state index in [2.05, 4.69) is 17.2 Å². The van der Waals surface area contributed by atoms with Gasteiger partial charge in [0.05, 0.1) is 16.1 Å². The lowest BCUT2D eigenvalue weighted by molar-refractivity contribution is 0.0959. The maximum absolute atomic E-state index is 12.4. The molecule has 6 nitrogen and oxygen atoms in total. The van der Waals surface area contributed by atoms with Gasteiger partial charge in [-0.05, 0) is 30.3 Å². The first kappa shape index (κ1) is 18.4. The van der Waals surface area contributed by atoms with E-state index in [9.17, 15) is 18.0 Å². The number of para-hydroxylation sites is 1. The summed E-state index contributed by atoms with van der Waals surface area (Å²) in [5.41, 5.74) is 0.819. The van der Waals surface area contributed by atoms with Gasteiger partial charge in [0.1, 0.15) is 0 Å². The molecule has 0 atom stereocenters. The van der Waals surface area contributed by atoms with E-state index >= 15 is 0 Å². The largest absolute Gasteiger partial charge is 0.349 e. The normalized spacial score (nSPS) is 10.8. The van der Waals surface area contributed by atoms with Crippen LogP contribution in [0.2, 0.25) is 0 Å². The zero-order valence-electron chi connectivity index (χ0n) is 13.7. The molecule has 2 amide bonds. The average molecular weight is 358 g/mol. The average Bonchev–Trinajstić information content (AvgIpc) is 2.59. The highest BCUT2D eigenvalue weighted by molar-refractivity contribution is 7.90. The zero-order valence-corrected chi connectivity index (χ0v) is 14.5. The van der Waals surface area contributed by atoms with E-state index in [1.54, 1.807) is 30.3 Å².